The number of rotatable bonds is 5. The lowest BCUT2D eigenvalue weighted by Crippen LogP contribution is -2.33. The van der Waals surface area contributed by atoms with Crippen LogP contribution in [-0.4, -0.2) is 29.0 Å². The lowest BCUT2D eigenvalue weighted by Gasteiger charge is -2.33. The molecule has 6 heteroatoms. The third kappa shape index (κ3) is 4.58. The summed E-state index contributed by atoms with van der Waals surface area (Å²) in [5.41, 5.74) is 1.65. The maximum Gasteiger partial charge on any atom is 0.127 e. The van der Waals surface area contributed by atoms with Crippen LogP contribution in [0.2, 0.25) is 0 Å². The van der Waals surface area contributed by atoms with E-state index in [4.69, 9.17) is 4.74 Å². The zero-order valence-electron chi connectivity index (χ0n) is 17.5. The summed E-state index contributed by atoms with van der Waals surface area (Å²) in [7, 11) is 0. The molecule has 0 aliphatic carbocycles. The molecular weight excluding hydrogens is 418 g/mol. The first kappa shape index (κ1) is 22.1. The molecule has 0 radical (unpaired) electrons. The van der Waals surface area contributed by atoms with E-state index >= 15 is 0 Å². The molecule has 1 saturated heterocycles. The third-order valence-electron chi connectivity index (χ3n) is 5.97. The number of benzene rings is 2. The number of hydrogen-bond donors (Lipinski definition) is 2. The Morgan fingerprint density at radius 1 is 1.03 bits per heavy atom. The van der Waals surface area contributed by atoms with Gasteiger partial charge in [-0.15, -0.1) is 11.3 Å². The van der Waals surface area contributed by atoms with Crippen molar-refractivity contribution in [3.63, 3.8) is 0 Å². The fourth-order valence-electron chi connectivity index (χ4n) is 4.12. The van der Waals surface area contributed by atoms with Gasteiger partial charge in [-0.3, -0.25) is 0 Å². The van der Waals surface area contributed by atoms with Crippen molar-refractivity contribution in [1.82, 2.24) is 0 Å². The van der Waals surface area contributed by atoms with Gasteiger partial charge in [0, 0.05) is 28.0 Å². The molecule has 3 nitrogen and oxygen atoms in total. The molecule has 0 amide bonds. The van der Waals surface area contributed by atoms with E-state index in [0.717, 1.165) is 20.9 Å². The average molecular weight is 445 g/mol. The number of aliphatic hydroxyl groups is 2. The third-order valence-corrected chi connectivity index (χ3v) is 7.43. The molecule has 1 fully saturated rings. The van der Waals surface area contributed by atoms with Crippen molar-refractivity contribution in [2.24, 2.45) is 0 Å². The molecule has 31 heavy (non-hydrogen) atoms. The molecule has 4 rings (SSSR count). The summed E-state index contributed by atoms with van der Waals surface area (Å²) in [6, 6.07) is 15.2. The Balaban J connectivity index is 1.65. The van der Waals surface area contributed by atoms with Crippen LogP contribution in [0.4, 0.5) is 8.78 Å². The number of halogens is 2. The normalized spacial score (nSPS) is 21.9. The molecule has 3 atom stereocenters. The highest BCUT2D eigenvalue weighted by Crippen LogP contribution is 2.42. The first-order chi connectivity index (χ1) is 14.8. The minimum Gasteiger partial charge on any atom is -0.394 e. The van der Waals surface area contributed by atoms with E-state index in [2.05, 4.69) is 0 Å². The van der Waals surface area contributed by atoms with Crippen LogP contribution >= 0.6 is 11.3 Å². The number of ether oxygens (including phenoxy) is 1. The van der Waals surface area contributed by atoms with Crippen LogP contribution < -0.4 is 0 Å². The number of hydrogen-bond acceptors (Lipinski definition) is 4. The summed E-state index contributed by atoms with van der Waals surface area (Å²) >= 11 is 1.55. The van der Waals surface area contributed by atoms with Crippen molar-refractivity contribution in [3.8, 4) is 10.4 Å². The molecule has 0 saturated carbocycles. The molecule has 2 N–H and O–H groups in total. The monoisotopic (exact) mass is 444 g/mol. The van der Waals surface area contributed by atoms with Crippen LogP contribution in [-0.2, 0) is 10.2 Å². The second kappa shape index (κ2) is 8.79. The van der Waals surface area contributed by atoms with E-state index in [1.165, 1.54) is 18.2 Å². The van der Waals surface area contributed by atoms with Gasteiger partial charge in [0.15, 0.2) is 0 Å². The zero-order valence-corrected chi connectivity index (χ0v) is 18.3. The quantitative estimate of drug-likeness (QED) is 0.539. The molecule has 1 aromatic heterocycles. The maximum absolute atomic E-state index is 14.9. The number of thiophene rings is 1. The van der Waals surface area contributed by atoms with Crippen molar-refractivity contribution in [3.05, 3.63) is 82.2 Å². The van der Waals surface area contributed by atoms with Crippen molar-refractivity contribution in [2.75, 3.05) is 6.61 Å². The predicted octanol–water partition coefficient (Wildman–Crippen LogP) is 5.59. The van der Waals surface area contributed by atoms with Crippen LogP contribution in [0.15, 0.2) is 54.6 Å². The van der Waals surface area contributed by atoms with Gasteiger partial charge < -0.3 is 14.9 Å². The lowest BCUT2D eigenvalue weighted by atomic mass is 9.81. The highest BCUT2D eigenvalue weighted by molar-refractivity contribution is 7.15. The fraction of sp³-hybridized carbons (Fsp3) is 0.360. The Morgan fingerprint density at radius 2 is 1.77 bits per heavy atom. The molecule has 2 heterocycles. The second-order valence-electron chi connectivity index (χ2n) is 8.59. The Labute approximate surface area is 184 Å². The van der Waals surface area contributed by atoms with Crippen LogP contribution in [0.3, 0.4) is 0 Å². The molecule has 0 bridgehead atoms. The largest absolute Gasteiger partial charge is 0.394 e. The van der Waals surface area contributed by atoms with Gasteiger partial charge in [-0.05, 0) is 53.1 Å². The summed E-state index contributed by atoms with van der Waals surface area (Å²) in [4.78, 5) is 1.98. The van der Waals surface area contributed by atoms with E-state index in [1.54, 1.807) is 29.5 Å². The fourth-order valence-corrected chi connectivity index (χ4v) is 5.25. The lowest BCUT2D eigenvalue weighted by molar-refractivity contribution is -0.113. The Hall–Kier alpha value is -2.12. The standard InChI is InChI=1S/C25H26F2O3S/c1-25(2,24-10-9-23(31-24)15-3-6-17(26)7-4-15)20-11-16(5-8-21(20)27)22-13-18(29)12-19(14-28)30-22/h3-11,18-19,22,28-29H,12-14H2,1-2H3/t18?,19?,22-/m1/s1. The molecule has 1 aliphatic heterocycles. The minimum absolute atomic E-state index is 0.158. The van der Waals surface area contributed by atoms with E-state index in [9.17, 15) is 19.0 Å². The first-order valence-corrected chi connectivity index (χ1v) is 11.2. The first-order valence-electron chi connectivity index (χ1n) is 10.4. The number of aliphatic hydroxyl groups excluding tert-OH is 2. The van der Waals surface area contributed by atoms with Gasteiger partial charge in [-0.2, -0.15) is 0 Å². The van der Waals surface area contributed by atoms with Crippen molar-refractivity contribution in [1.29, 1.82) is 0 Å². The SMILES string of the molecule is CC(C)(c1ccc(-c2ccc(F)cc2)s1)c1cc([C@H]2CC(O)CC(CO)O2)ccc1F. The van der Waals surface area contributed by atoms with Crippen LogP contribution in [0.1, 0.15) is 48.8 Å². The van der Waals surface area contributed by atoms with Crippen molar-refractivity contribution in [2.45, 2.75) is 50.4 Å². The van der Waals surface area contributed by atoms with Crippen LogP contribution in [0, 0.1) is 11.6 Å². The molecule has 2 unspecified atom stereocenters. The smallest absolute Gasteiger partial charge is 0.127 e. The summed E-state index contributed by atoms with van der Waals surface area (Å²) in [5, 5.41) is 19.6. The second-order valence-corrected chi connectivity index (χ2v) is 9.67. The topological polar surface area (TPSA) is 49.7 Å². The van der Waals surface area contributed by atoms with E-state index in [0.29, 0.717) is 18.4 Å². The van der Waals surface area contributed by atoms with Crippen LogP contribution in [0.5, 0.6) is 0 Å². The van der Waals surface area contributed by atoms with E-state index < -0.39 is 23.7 Å². The molecule has 3 aromatic rings. The molecule has 2 aromatic carbocycles. The van der Waals surface area contributed by atoms with E-state index in [-0.39, 0.29) is 18.2 Å². The highest BCUT2D eigenvalue weighted by atomic mass is 32.1. The van der Waals surface area contributed by atoms with Crippen molar-refractivity contribution >= 4 is 11.3 Å². The Kier molecular flexibility index (Phi) is 6.26. The molecule has 1 aliphatic rings. The molecule has 164 valence electrons. The summed E-state index contributed by atoms with van der Waals surface area (Å²) in [5.74, 6) is -0.584. The van der Waals surface area contributed by atoms with Crippen molar-refractivity contribution < 1.29 is 23.7 Å². The van der Waals surface area contributed by atoms with E-state index in [1.807, 2.05) is 32.0 Å². The van der Waals surface area contributed by atoms with Gasteiger partial charge in [0.25, 0.3) is 0 Å². The summed E-state index contributed by atoms with van der Waals surface area (Å²) in [6.45, 7) is 3.79. The Morgan fingerprint density at radius 3 is 2.48 bits per heavy atom. The van der Waals surface area contributed by atoms with Gasteiger partial charge >= 0.3 is 0 Å². The van der Waals surface area contributed by atoms with Gasteiger partial charge in [0.2, 0.25) is 0 Å². The molecular formula is C25H26F2O3S. The van der Waals surface area contributed by atoms with Gasteiger partial charge in [-0.1, -0.05) is 32.0 Å². The average Bonchev–Trinajstić information content (AvgIpc) is 3.25. The Bertz CT molecular complexity index is 1050. The van der Waals surface area contributed by atoms with Gasteiger partial charge in [0.05, 0.1) is 24.9 Å². The minimum atomic E-state index is -0.604. The van der Waals surface area contributed by atoms with Crippen LogP contribution in [0.25, 0.3) is 10.4 Å². The molecule has 0 spiro atoms. The zero-order chi connectivity index (χ0) is 22.2. The summed E-state index contributed by atoms with van der Waals surface area (Å²) in [6.07, 6.45) is -0.572. The van der Waals surface area contributed by atoms with Gasteiger partial charge in [-0.25, -0.2) is 8.78 Å². The predicted molar refractivity (Wildman–Crippen MR) is 118 cm³/mol. The summed E-state index contributed by atoms with van der Waals surface area (Å²) < 4.78 is 34.1. The maximum atomic E-state index is 14.9. The highest BCUT2D eigenvalue weighted by Gasteiger charge is 2.32. The van der Waals surface area contributed by atoms with Gasteiger partial charge in [0.1, 0.15) is 11.6 Å².